The van der Waals surface area contributed by atoms with Gasteiger partial charge in [-0.05, 0) is 26.3 Å². The lowest BCUT2D eigenvalue weighted by molar-refractivity contribution is 0.101. The molecule has 3 aromatic heterocycles. The number of hydrogen-bond acceptors (Lipinski definition) is 7. The largest absolute Gasteiger partial charge is 0.397 e. The fourth-order valence-electron chi connectivity index (χ4n) is 2.43. The van der Waals surface area contributed by atoms with Crippen LogP contribution in [0.1, 0.15) is 48.6 Å². The van der Waals surface area contributed by atoms with Gasteiger partial charge in [-0.3, -0.25) is 4.79 Å². The first-order chi connectivity index (χ1) is 11.0. The van der Waals surface area contributed by atoms with Crippen molar-refractivity contribution in [3.63, 3.8) is 0 Å². The first-order valence-corrected chi connectivity index (χ1v) is 8.36. The summed E-state index contributed by atoms with van der Waals surface area (Å²) in [5, 5.41) is 4.75. The van der Waals surface area contributed by atoms with E-state index in [2.05, 4.69) is 22.0 Å². The molecule has 3 rings (SSSR count). The molecule has 0 aromatic carbocycles. The molecule has 3 aromatic rings. The average molecular weight is 330 g/mol. The number of carbonyl (C=O) groups excluding carboxylic acids is 1. The Morgan fingerprint density at radius 2 is 2.17 bits per heavy atom. The lowest BCUT2D eigenvalue weighted by Crippen LogP contribution is -1.98. The molecule has 0 saturated heterocycles. The van der Waals surface area contributed by atoms with E-state index in [9.17, 15) is 4.79 Å². The average Bonchev–Trinajstić information content (AvgIpc) is 3.09. The highest BCUT2D eigenvalue weighted by Gasteiger charge is 2.20. The number of carbonyl (C=O) groups is 1. The van der Waals surface area contributed by atoms with Gasteiger partial charge in [-0.15, -0.1) is 11.3 Å². The van der Waals surface area contributed by atoms with Crippen LogP contribution in [-0.2, 0) is 6.42 Å². The van der Waals surface area contributed by atoms with Crippen molar-refractivity contribution in [1.82, 2.24) is 15.1 Å². The van der Waals surface area contributed by atoms with Crippen LogP contribution in [0.5, 0.6) is 0 Å². The van der Waals surface area contributed by atoms with Gasteiger partial charge in [0.1, 0.15) is 9.71 Å². The normalized spacial score (nSPS) is 11.3. The minimum atomic E-state index is -0.0244. The number of anilines is 1. The summed E-state index contributed by atoms with van der Waals surface area (Å²) in [7, 11) is 0. The van der Waals surface area contributed by atoms with E-state index in [0.717, 1.165) is 29.5 Å². The zero-order chi connectivity index (χ0) is 16.6. The zero-order valence-electron chi connectivity index (χ0n) is 13.3. The summed E-state index contributed by atoms with van der Waals surface area (Å²) in [6, 6.07) is 1.80. The van der Waals surface area contributed by atoms with Gasteiger partial charge in [0.05, 0.1) is 5.69 Å². The van der Waals surface area contributed by atoms with E-state index in [0.29, 0.717) is 33.5 Å². The second kappa shape index (κ2) is 6.08. The number of hydrogen-bond donors (Lipinski definition) is 1. The van der Waals surface area contributed by atoms with Crippen LogP contribution in [0.25, 0.3) is 21.0 Å². The van der Waals surface area contributed by atoms with Gasteiger partial charge < -0.3 is 10.3 Å². The molecule has 120 valence electrons. The number of nitrogens with two attached hydrogens (primary N) is 1. The summed E-state index contributed by atoms with van der Waals surface area (Å²) in [5.41, 5.74) is 8.05. The van der Waals surface area contributed by atoms with Crippen LogP contribution >= 0.6 is 11.3 Å². The second-order valence-corrected chi connectivity index (χ2v) is 6.49. The minimum Gasteiger partial charge on any atom is -0.397 e. The molecule has 6 nitrogen and oxygen atoms in total. The molecular weight excluding hydrogens is 312 g/mol. The summed E-state index contributed by atoms with van der Waals surface area (Å²) in [5.74, 6) is 1.08. The molecule has 0 aliphatic carbocycles. The Labute approximate surface area is 137 Å². The van der Waals surface area contributed by atoms with E-state index in [1.165, 1.54) is 18.3 Å². The molecule has 0 spiro atoms. The molecule has 0 bridgehead atoms. The van der Waals surface area contributed by atoms with Crippen molar-refractivity contribution in [3.05, 3.63) is 23.1 Å². The topological polar surface area (TPSA) is 94.9 Å². The van der Waals surface area contributed by atoms with Crippen molar-refractivity contribution in [1.29, 1.82) is 0 Å². The molecule has 0 fully saturated rings. The third-order valence-corrected chi connectivity index (χ3v) is 4.81. The number of rotatable bonds is 5. The third kappa shape index (κ3) is 2.84. The number of nitrogens with zero attached hydrogens (tertiary/aromatic N) is 3. The predicted molar refractivity (Wildman–Crippen MR) is 90.7 cm³/mol. The maximum absolute atomic E-state index is 11.7. The molecule has 0 saturated carbocycles. The lowest BCUT2D eigenvalue weighted by atomic mass is 10.1. The van der Waals surface area contributed by atoms with Crippen molar-refractivity contribution in [2.24, 2.45) is 0 Å². The lowest BCUT2D eigenvalue weighted by Gasteiger charge is -2.01. The van der Waals surface area contributed by atoms with Crippen molar-refractivity contribution < 1.29 is 9.32 Å². The number of ketones is 1. The number of Topliss-reactive ketones (excluding diaryl/α,β-unsaturated/α-hetero) is 1. The molecular formula is C16H18N4O2S. The van der Waals surface area contributed by atoms with Crippen LogP contribution in [0.3, 0.4) is 0 Å². The van der Waals surface area contributed by atoms with Gasteiger partial charge in [0, 0.05) is 23.1 Å². The molecule has 0 radical (unpaired) electrons. The number of pyridine rings is 1. The number of aryl methyl sites for hydroxylation is 2. The third-order valence-electron chi connectivity index (χ3n) is 3.71. The van der Waals surface area contributed by atoms with E-state index in [-0.39, 0.29) is 5.78 Å². The Morgan fingerprint density at radius 1 is 1.39 bits per heavy atom. The number of thiophene rings is 1. The van der Waals surface area contributed by atoms with E-state index >= 15 is 0 Å². The quantitative estimate of drug-likeness (QED) is 0.715. The van der Waals surface area contributed by atoms with Gasteiger partial charge >= 0.3 is 0 Å². The Morgan fingerprint density at radius 3 is 2.87 bits per heavy atom. The number of unbranched alkanes of at least 4 members (excludes halogenated alkanes) is 1. The van der Waals surface area contributed by atoms with Gasteiger partial charge in [0.25, 0.3) is 5.89 Å². The van der Waals surface area contributed by atoms with Gasteiger partial charge in [-0.25, -0.2) is 4.98 Å². The number of fused-ring (bicyclic) bond motifs is 1. The predicted octanol–water partition coefficient (Wildman–Crippen LogP) is 3.78. The number of aromatic nitrogens is 3. The van der Waals surface area contributed by atoms with Gasteiger partial charge in [0.15, 0.2) is 11.6 Å². The standard InChI is InChI=1S/C16H18N4O2S/c1-4-5-6-12-19-15(22-20-12)14-13(17)11-7-10(9(3)21)8(2)18-16(11)23-14/h7H,4-6,17H2,1-3H3. The molecule has 0 unspecified atom stereocenters. The summed E-state index contributed by atoms with van der Waals surface area (Å²) in [6.45, 7) is 5.46. The van der Waals surface area contributed by atoms with Gasteiger partial charge in [-0.1, -0.05) is 18.5 Å². The highest BCUT2D eigenvalue weighted by molar-refractivity contribution is 7.22. The summed E-state index contributed by atoms with van der Waals surface area (Å²) in [4.78, 5) is 22.1. The smallest absolute Gasteiger partial charge is 0.270 e. The van der Waals surface area contributed by atoms with Gasteiger partial charge in [-0.2, -0.15) is 4.98 Å². The zero-order valence-corrected chi connectivity index (χ0v) is 14.2. The summed E-state index contributed by atoms with van der Waals surface area (Å²) >= 11 is 1.41. The Bertz CT molecular complexity index is 882. The highest BCUT2D eigenvalue weighted by Crippen LogP contribution is 2.39. The molecule has 0 aliphatic rings. The minimum absolute atomic E-state index is 0.0244. The van der Waals surface area contributed by atoms with Crippen LogP contribution < -0.4 is 5.73 Å². The van der Waals surface area contributed by atoms with E-state index in [1.807, 2.05) is 6.92 Å². The van der Waals surface area contributed by atoms with Crippen LogP contribution in [0.15, 0.2) is 10.6 Å². The van der Waals surface area contributed by atoms with Crippen molar-refractivity contribution >= 4 is 33.0 Å². The highest BCUT2D eigenvalue weighted by atomic mass is 32.1. The fraction of sp³-hybridized carbons (Fsp3) is 0.375. The molecule has 23 heavy (non-hydrogen) atoms. The number of nitrogen functional groups attached to an aromatic ring is 1. The van der Waals surface area contributed by atoms with Crippen LogP contribution in [-0.4, -0.2) is 20.9 Å². The Hall–Kier alpha value is -2.28. The van der Waals surface area contributed by atoms with Crippen molar-refractivity contribution in [3.8, 4) is 10.8 Å². The van der Waals surface area contributed by atoms with E-state index in [1.54, 1.807) is 6.07 Å². The fourth-order valence-corrected chi connectivity index (χ4v) is 3.47. The van der Waals surface area contributed by atoms with Gasteiger partial charge in [0.2, 0.25) is 0 Å². The van der Waals surface area contributed by atoms with E-state index in [4.69, 9.17) is 10.3 Å². The summed E-state index contributed by atoms with van der Waals surface area (Å²) in [6.07, 6.45) is 2.88. The van der Waals surface area contributed by atoms with Crippen molar-refractivity contribution in [2.75, 3.05) is 5.73 Å². The first-order valence-electron chi connectivity index (χ1n) is 7.54. The molecule has 0 atom stereocenters. The van der Waals surface area contributed by atoms with Crippen LogP contribution in [0.4, 0.5) is 5.69 Å². The molecule has 3 heterocycles. The molecule has 2 N–H and O–H groups in total. The second-order valence-electron chi connectivity index (χ2n) is 5.49. The SMILES string of the molecule is CCCCc1noc(-c2sc3nc(C)c(C(C)=O)cc3c2N)n1. The maximum atomic E-state index is 11.7. The summed E-state index contributed by atoms with van der Waals surface area (Å²) < 4.78 is 5.34. The Kier molecular flexibility index (Phi) is 4.12. The molecule has 0 aliphatic heterocycles. The Balaban J connectivity index is 2.06. The van der Waals surface area contributed by atoms with Crippen molar-refractivity contribution in [2.45, 2.75) is 40.0 Å². The van der Waals surface area contributed by atoms with E-state index < -0.39 is 0 Å². The monoisotopic (exact) mass is 330 g/mol. The van der Waals surface area contributed by atoms with Crippen LogP contribution in [0, 0.1) is 6.92 Å². The molecule has 0 amide bonds. The maximum Gasteiger partial charge on any atom is 0.270 e. The van der Waals surface area contributed by atoms with Crippen LogP contribution in [0.2, 0.25) is 0 Å². The molecule has 7 heteroatoms. The first kappa shape index (κ1) is 15.6.